The molecule has 3 aromatic rings. The van der Waals surface area contributed by atoms with Crippen LogP contribution in [0.1, 0.15) is 41.9 Å². The summed E-state index contributed by atoms with van der Waals surface area (Å²) < 4.78 is 11.1. The van der Waals surface area contributed by atoms with Gasteiger partial charge in [-0.2, -0.15) is 0 Å². The summed E-state index contributed by atoms with van der Waals surface area (Å²) in [5, 5.41) is 0. The molecular weight excluding hydrogens is 370 g/mol. The molecule has 1 unspecified atom stereocenters. The van der Waals surface area contributed by atoms with Gasteiger partial charge in [-0.15, -0.1) is 0 Å². The third-order valence-electron chi connectivity index (χ3n) is 5.91. The number of nitrogens with zero attached hydrogens (tertiary/aromatic N) is 1. The maximum absolute atomic E-state index is 5.62. The first-order chi connectivity index (χ1) is 14.7. The van der Waals surface area contributed by atoms with E-state index in [1.807, 2.05) is 0 Å². The molecule has 30 heavy (non-hydrogen) atoms. The number of fused-ring (bicyclic) bond motifs is 1. The van der Waals surface area contributed by atoms with Crippen molar-refractivity contribution in [1.29, 1.82) is 0 Å². The summed E-state index contributed by atoms with van der Waals surface area (Å²) in [4.78, 5) is 2.14. The van der Waals surface area contributed by atoms with Crippen LogP contribution in [0.25, 0.3) is 0 Å². The van der Waals surface area contributed by atoms with Gasteiger partial charge in [-0.05, 0) is 72.6 Å². The molecule has 0 saturated heterocycles. The second kappa shape index (κ2) is 9.71. The third-order valence-corrected chi connectivity index (χ3v) is 5.91. The number of hydrogen-bond donors (Lipinski definition) is 0. The molecule has 0 saturated carbocycles. The Morgan fingerprint density at radius 3 is 2.33 bits per heavy atom. The Morgan fingerprint density at radius 1 is 0.800 bits per heavy atom. The largest absolute Gasteiger partial charge is 0.454 e. The Kier molecular flexibility index (Phi) is 6.58. The number of unbranched alkanes of at least 4 members (excludes halogenated alkanes) is 1. The highest BCUT2D eigenvalue weighted by Gasteiger charge is 2.18. The van der Waals surface area contributed by atoms with Gasteiger partial charge in [0, 0.05) is 19.8 Å². The van der Waals surface area contributed by atoms with Gasteiger partial charge < -0.3 is 14.4 Å². The van der Waals surface area contributed by atoms with Crippen molar-refractivity contribution in [1.82, 2.24) is 0 Å². The fourth-order valence-corrected chi connectivity index (χ4v) is 4.13. The van der Waals surface area contributed by atoms with Crippen LogP contribution in [-0.2, 0) is 12.8 Å². The van der Waals surface area contributed by atoms with Crippen molar-refractivity contribution in [2.45, 2.75) is 38.0 Å². The van der Waals surface area contributed by atoms with Crippen LogP contribution < -0.4 is 14.4 Å². The molecule has 3 heteroatoms. The first kappa shape index (κ1) is 20.3. The standard InChI is InChI=1S/C27H31NO2/c1-28(2)25-15-12-21(13-16-25)8-6-7-11-23(18-22-9-4-3-5-10-22)24-14-17-26-27(19-24)30-20-29-26/h3-5,9-10,12-17,19,23H,6-8,11,18,20H2,1-2H3. The van der Waals surface area contributed by atoms with Gasteiger partial charge in [0.1, 0.15) is 0 Å². The summed E-state index contributed by atoms with van der Waals surface area (Å²) in [7, 11) is 4.16. The Hall–Kier alpha value is -2.94. The second-order valence-electron chi connectivity index (χ2n) is 8.31. The maximum Gasteiger partial charge on any atom is 0.231 e. The van der Waals surface area contributed by atoms with E-state index in [1.54, 1.807) is 0 Å². The predicted octanol–water partition coefficient (Wildman–Crippen LogP) is 6.22. The molecule has 0 radical (unpaired) electrons. The van der Waals surface area contributed by atoms with E-state index in [2.05, 4.69) is 91.8 Å². The molecular formula is C27H31NO2. The highest BCUT2D eigenvalue weighted by Crippen LogP contribution is 2.37. The Bertz CT molecular complexity index is 935. The zero-order chi connectivity index (χ0) is 20.8. The molecule has 1 aliphatic rings. The first-order valence-electron chi connectivity index (χ1n) is 10.9. The van der Waals surface area contributed by atoms with Gasteiger partial charge in [0.2, 0.25) is 6.79 Å². The fraction of sp³-hybridized carbons (Fsp3) is 0.333. The van der Waals surface area contributed by atoms with E-state index in [-0.39, 0.29) is 0 Å². The lowest BCUT2D eigenvalue weighted by Gasteiger charge is -2.18. The lowest BCUT2D eigenvalue weighted by Crippen LogP contribution is -2.08. The van der Waals surface area contributed by atoms with Crippen molar-refractivity contribution < 1.29 is 9.47 Å². The van der Waals surface area contributed by atoms with Crippen molar-refractivity contribution in [3.05, 3.63) is 89.5 Å². The Balaban J connectivity index is 1.38. The summed E-state index contributed by atoms with van der Waals surface area (Å²) in [6.07, 6.45) is 5.77. The lowest BCUT2D eigenvalue weighted by atomic mass is 9.87. The molecule has 1 aliphatic heterocycles. The average Bonchev–Trinajstić information content (AvgIpc) is 3.25. The molecule has 0 N–H and O–H groups in total. The van der Waals surface area contributed by atoms with E-state index in [0.717, 1.165) is 24.3 Å². The number of rotatable bonds is 9. The minimum absolute atomic E-state index is 0.328. The molecule has 1 atom stereocenters. The van der Waals surface area contributed by atoms with Crippen LogP contribution in [0.2, 0.25) is 0 Å². The lowest BCUT2D eigenvalue weighted by molar-refractivity contribution is 0.174. The van der Waals surface area contributed by atoms with E-state index in [0.29, 0.717) is 12.7 Å². The van der Waals surface area contributed by atoms with Crippen molar-refractivity contribution in [2.75, 3.05) is 25.8 Å². The van der Waals surface area contributed by atoms with Crippen LogP contribution in [0.15, 0.2) is 72.8 Å². The van der Waals surface area contributed by atoms with E-state index >= 15 is 0 Å². The van der Waals surface area contributed by atoms with Crippen LogP contribution in [-0.4, -0.2) is 20.9 Å². The number of hydrogen-bond acceptors (Lipinski definition) is 3. The SMILES string of the molecule is CN(C)c1ccc(CCCCC(Cc2ccccc2)c2ccc3c(c2)OCO3)cc1. The number of ether oxygens (including phenoxy) is 2. The molecule has 0 bridgehead atoms. The number of benzene rings is 3. The van der Waals surface area contributed by atoms with Gasteiger partial charge in [-0.1, -0.05) is 55.0 Å². The summed E-state index contributed by atoms with van der Waals surface area (Å²) in [6, 6.07) is 26.2. The molecule has 0 amide bonds. The summed E-state index contributed by atoms with van der Waals surface area (Å²) in [6.45, 7) is 0.328. The average molecular weight is 402 g/mol. The van der Waals surface area contributed by atoms with Crippen LogP contribution in [0.5, 0.6) is 11.5 Å². The molecule has 1 heterocycles. The summed E-state index contributed by atoms with van der Waals surface area (Å²) in [5.41, 5.74) is 5.41. The predicted molar refractivity (Wildman–Crippen MR) is 124 cm³/mol. The van der Waals surface area contributed by atoms with Gasteiger partial charge in [0.15, 0.2) is 11.5 Å². The number of anilines is 1. The van der Waals surface area contributed by atoms with Gasteiger partial charge in [-0.25, -0.2) is 0 Å². The molecule has 0 spiro atoms. The summed E-state index contributed by atoms with van der Waals surface area (Å²) in [5.74, 6) is 2.22. The monoisotopic (exact) mass is 401 g/mol. The van der Waals surface area contributed by atoms with Crippen LogP contribution in [0.4, 0.5) is 5.69 Å². The Morgan fingerprint density at radius 2 is 1.57 bits per heavy atom. The normalized spacial score (nSPS) is 13.3. The smallest absolute Gasteiger partial charge is 0.231 e. The molecule has 3 aromatic carbocycles. The molecule has 0 fully saturated rings. The van der Waals surface area contributed by atoms with E-state index in [9.17, 15) is 0 Å². The topological polar surface area (TPSA) is 21.7 Å². The van der Waals surface area contributed by atoms with Gasteiger partial charge in [0.25, 0.3) is 0 Å². The zero-order valence-electron chi connectivity index (χ0n) is 18.0. The van der Waals surface area contributed by atoms with Gasteiger partial charge in [0.05, 0.1) is 0 Å². The van der Waals surface area contributed by atoms with Gasteiger partial charge in [-0.3, -0.25) is 0 Å². The summed E-state index contributed by atoms with van der Waals surface area (Å²) >= 11 is 0. The maximum atomic E-state index is 5.62. The quantitative estimate of drug-likeness (QED) is 0.397. The van der Waals surface area contributed by atoms with Crippen LogP contribution in [0.3, 0.4) is 0 Å². The van der Waals surface area contributed by atoms with E-state index < -0.39 is 0 Å². The van der Waals surface area contributed by atoms with Gasteiger partial charge >= 0.3 is 0 Å². The third kappa shape index (κ3) is 5.15. The Labute approximate surface area is 180 Å². The highest BCUT2D eigenvalue weighted by molar-refractivity contribution is 5.46. The second-order valence-corrected chi connectivity index (χ2v) is 8.31. The number of aryl methyl sites for hydroxylation is 1. The molecule has 0 aliphatic carbocycles. The van der Waals surface area contributed by atoms with Crippen molar-refractivity contribution in [3.63, 3.8) is 0 Å². The zero-order valence-corrected chi connectivity index (χ0v) is 18.0. The molecule has 156 valence electrons. The first-order valence-corrected chi connectivity index (χ1v) is 10.9. The molecule has 0 aromatic heterocycles. The van der Waals surface area contributed by atoms with Crippen LogP contribution >= 0.6 is 0 Å². The highest BCUT2D eigenvalue weighted by atomic mass is 16.7. The van der Waals surface area contributed by atoms with Crippen molar-refractivity contribution in [3.8, 4) is 11.5 Å². The minimum Gasteiger partial charge on any atom is -0.454 e. The molecule has 3 nitrogen and oxygen atoms in total. The van der Waals surface area contributed by atoms with Crippen molar-refractivity contribution in [2.24, 2.45) is 0 Å². The minimum atomic E-state index is 0.328. The van der Waals surface area contributed by atoms with E-state index in [4.69, 9.17) is 9.47 Å². The van der Waals surface area contributed by atoms with Crippen LogP contribution in [0, 0.1) is 0 Å². The molecule has 4 rings (SSSR count). The fourth-order valence-electron chi connectivity index (χ4n) is 4.13. The van der Waals surface area contributed by atoms with Crippen molar-refractivity contribution >= 4 is 5.69 Å². The van der Waals surface area contributed by atoms with E-state index in [1.165, 1.54) is 41.6 Å².